The highest BCUT2D eigenvalue weighted by Crippen LogP contribution is 2.32. The summed E-state index contributed by atoms with van der Waals surface area (Å²) in [5.41, 5.74) is 3.34. The predicted molar refractivity (Wildman–Crippen MR) is 61.0 cm³/mol. The molecule has 0 fully saturated rings. The van der Waals surface area contributed by atoms with Gasteiger partial charge in [0, 0.05) is 11.1 Å². The molecule has 0 heterocycles. The van der Waals surface area contributed by atoms with Crippen LogP contribution < -0.4 is 4.74 Å². The zero-order chi connectivity index (χ0) is 10.7. The van der Waals surface area contributed by atoms with Crippen molar-refractivity contribution in [1.82, 2.24) is 0 Å². The number of rotatable bonds is 3. The molecule has 1 rings (SSSR count). The standard InChI is InChI=1S/C11H15BrO2/c1-7-6-10(12)9(4-5-13)8(2)11(7)14-3/h6,13H,4-5H2,1-3H3. The van der Waals surface area contributed by atoms with E-state index in [-0.39, 0.29) is 6.61 Å². The van der Waals surface area contributed by atoms with Gasteiger partial charge in [0.05, 0.1) is 7.11 Å². The van der Waals surface area contributed by atoms with Crippen molar-refractivity contribution >= 4 is 15.9 Å². The Labute approximate surface area is 93.0 Å². The van der Waals surface area contributed by atoms with Gasteiger partial charge in [0.25, 0.3) is 0 Å². The van der Waals surface area contributed by atoms with Crippen molar-refractivity contribution in [3.05, 3.63) is 27.2 Å². The van der Waals surface area contributed by atoms with E-state index in [1.807, 2.05) is 19.9 Å². The molecule has 0 spiro atoms. The van der Waals surface area contributed by atoms with E-state index < -0.39 is 0 Å². The van der Waals surface area contributed by atoms with Crippen LogP contribution in [0.1, 0.15) is 16.7 Å². The molecule has 0 saturated heterocycles. The lowest BCUT2D eigenvalue weighted by molar-refractivity contribution is 0.299. The SMILES string of the molecule is COc1c(C)cc(Br)c(CCO)c1C. The summed E-state index contributed by atoms with van der Waals surface area (Å²) in [7, 11) is 1.67. The highest BCUT2D eigenvalue weighted by molar-refractivity contribution is 9.10. The highest BCUT2D eigenvalue weighted by Gasteiger charge is 2.11. The van der Waals surface area contributed by atoms with Crippen LogP contribution in [0.15, 0.2) is 10.5 Å². The fourth-order valence-corrected chi connectivity index (χ4v) is 2.53. The van der Waals surface area contributed by atoms with Crippen LogP contribution in [0.2, 0.25) is 0 Å². The number of aryl methyl sites for hydroxylation is 1. The molecule has 14 heavy (non-hydrogen) atoms. The average Bonchev–Trinajstić information content (AvgIpc) is 2.12. The maximum Gasteiger partial charge on any atom is 0.125 e. The number of hydrogen-bond acceptors (Lipinski definition) is 2. The van der Waals surface area contributed by atoms with Crippen molar-refractivity contribution in [3.63, 3.8) is 0 Å². The topological polar surface area (TPSA) is 29.5 Å². The lowest BCUT2D eigenvalue weighted by Gasteiger charge is -2.14. The molecular formula is C11H15BrO2. The summed E-state index contributed by atoms with van der Waals surface area (Å²) < 4.78 is 6.36. The summed E-state index contributed by atoms with van der Waals surface area (Å²) in [5.74, 6) is 0.914. The number of aliphatic hydroxyl groups excluding tert-OH is 1. The Morgan fingerprint density at radius 3 is 2.57 bits per heavy atom. The van der Waals surface area contributed by atoms with Gasteiger partial charge in [-0.2, -0.15) is 0 Å². The predicted octanol–water partition coefficient (Wildman–Crippen LogP) is 2.61. The summed E-state index contributed by atoms with van der Waals surface area (Å²) >= 11 is 3.50. The minimum absolute atomic E-state index is 0.158. The van der Waals surface area contributed by atoms with Gasteiger partial charge < -0.3 is 9.84 Å². The fourth-order valence-electron chi connectivity index (χ4n) is 1.69. The molecule has 0 saturated carbocycles. The van der Waals surface area contributed by atoms with Crippen molar-refractivity contribution in [2.75, 3.05) is 13.7 Å². The van der Waals surface area contributed by atoms with Crippen LogP contribution in [0.3, 0.4) is 0 Å². The minimum atomic E-state index is 0.158. The van der Waals surface area contributed by atoms with Crippen molar-refractivity contribution in [3.8, 4) is 5.75 Å². The van der Waals surface area contributed by atoms with Crippen LogP contribution in [-0.2, 0) is 6.42 Å². The first-order valence-corrected chi connectivity index (χ1v) is 5.34. The Morgan fingerprint density at radius 2 is 2.07 bits per heavy atom. The molecule has 0 atom stereocenters. The first-order valence-electron chi connectivity index (χ1n) is 4.55. The third kappa shape index (κ3) is 2.10. The van der Waals surface area contributed by atoms with E-state index in [0.717, 1.165) is 26.9 Å². The number of benzene rings is 1. The van der Waals surface area contributed by atoms with E-state index in [9.17, 15) is 0 Å². The zero-order valence-corrected chi connectivity index (χ0v) is 10.3. The Hall–Kier alpha value is -0.540. The molecule has 0 aromatic heterocycles. The van der Waals surface area contributed by atoms with Gasteiger partial charge in [-0.1, -0.05) is 15.9 Å². The van der Waals surface area contributed by atoms with Crippen LogP contribution >= 0.6 is 15.9 Å². The molecule has 1 N–H and O–H groups in total. The lowest BCUT2D eigenvalue weighted by atomic mass is 10.0. The quantitative estimate of drug-likeness (QED) is 0.904. The first kappa shape index (κ1) is 11.5. The third-order valence-corrected chi connectivity index (χ3v) is 3.06. The van der Waals surface area contributed by atoms with E-state index in [2.05, 4.69) is 15.9 Å². The molecule has 0 unspecified atom stereocenters. The second-order valence-corrected chi connectivity index (χ2v) is 4.14. The molecule has 0 aliphatic heterocycles. The summed E-state index contributed by atoms with van der Waals surface area (Å²) in [6, 6.07) is 2.02. The van der Waals surface area contributed by atoms with Crippen molar-refractivity contribution in [2.45, 2.75) is 20.3 Å². The molecule has 1 aromatic carbocycles. The monoisotopic (exact) mass is 258 g/mol. The minimum Gasteiger partial charge on any atom is -0.496 e. The average molecular weight is 259 g/mol. The normalized spacial score (nSPS) is 10.4. The molecule has 0 aliphatic carbocycles. The van der Waals surface area contributed by atoms with Crippen LogP contribution in [0.5, 0.6) is 5.75 Å². The molecule has 3 heteroatoms. The van der Waals surface area contributed by atoms with E-state index in [1.54, 1.807) is 7.11 Å². The zero-order valence-electron chi connectivity index (χ0n) is 8.72. The van der Waals surface area contributed by atoms with Crippen LogP contribution in [0.4, 0.5) is 0 Å². The Morgan fingerprint density at radius 1 is 1.43 bits per heavy atom. The van der Waals surface area contributed by atoms with E-state index >= 15 is 0 Å². The Kier molecular flexibility index (Phi) is 3.96. The summed E-state index contributed by atoms with van der Waals surface area (Å²) in [6.07, 6.45) is 0.656. The largest absolute Gasteiger partial charge is 0.496 e. The van der Waals surface area contributed by atoms with Gasteiger partial charge in [-0.3, -0.25) is 0 Å². The molecular weight excluding hydrogens is 244 g/mol. The molecule has 0 bridgehead atoms. The van der Waals surface area contributed by atoms with Crippen molar-refractivity contribution < 1.29 is 9.84 Å². The van der Waals surface area contributed by atoms with Crippen LogP contribution in [-0.4, -0.2) is 18.8 Å². The Balaban J connectivity index is 3.28. The second kappa shape index (κ2) is 4.80. The van der Waals surface area contributed by atoms with Gasteiger partial charge in [0.1, 0.15) is 5.75 Å². The number of methoxy groups -OCH3 is 1. The van der Waals surface area contributed by atoms with Crippen LogP contribution in [0.25, 0.3) is 0 Å². The number of halogens is 1. The molecule has 78 valence electrons. The summed E-state index contributed by atoms with van der Waals surface area (Å²) in [4.78, 5) is 0. The molecule has 0 aliphatic rings. The second-order valence-electron chi connectivity index (χ2n) is 3.29. The summed E-state index contributed by atoms with van der Waals surface area (Å²) in [6.45, 7) is 4.19. The smallest absolute Gasteiger partial charge is 0.125 e. The molecule has 0 radical (unpaired) electrons. The molecule has 1 aromatic rings. The fraction of sp³-hybridized carbons (Fsp3) is 0.455. The van der Waals surface area contributed by atoms with Gasteiger partial charge >= 0.3 is 0 Å². The van der Waals surface area contributed by atoms with Gasteiger partial charge in [-0.15, -0.1) is 0 Å². The third-order valence-electron chi connectivity index (χ3n) is 2.35. The van der Waals surface area contributed by atoms with Gasteiger partial charge in [0.15, 0.2) is 0 Å². The first-order chi connectivity index (χ1) is 6.61. The molecule has 0 amide bonds. The lowest BCUT2D eigenvalue weighted by Crippen LogP contribution is -2.00. The Bertz CT molecular complexity index is 335. The van der Waals surface area contributed by atoms with Gasteiger partial charge in [-0.05, 0) is 43.0 Å². The van der Waals surface area contributed by atoms with E-state index in [1.165, 1.54) is 0 Å². The maximum absolute atomic E-state index is 8.94. The van der Waals surface area contributed by atoms with Crippen molar-refractivity contribution in [2.24, 2.45) is 0 Å². The van der Waals surface area contributed by atoms with Gasteiger partial charge in [-0.25, -0.2) is 0 Å². The number of ether oxygens (including phenoxy) is 1. The summed E-state index contributed by atoms with van der Waals surface area (Å²) in [5, 5.41) is 8.94. The van der Waals surface area contributed by atoms with E-state index in [0.29, 0.717) is 6.42 Å². The number of aliphatic hydroxyl groups is 1. The van der Waals surface area contributed by atoms with Crippen molar-refractivity contribution in [1.29, 1.82) is 0 Å². The van der Waals surface area contributed by atoms with Crippen LogP contribution in [0, 0.1) is 13.8 Å². The highest BCUT2D eigenvalue weighted by atomic mass is 79.9. The molecule has 2 nitrogen and oxygen atoms in total. The van der Waals surface area contributed by atoms with E-state index in [4.69, 9.17) is 9.84 Å². The maximum atomic E-state index is 8.94. The number of hydrogen-bond donors (Lipinski definition) is 1. The van der Waals surface area contributed by atoms with Gasteiger partial charge in [0.2, 0.25) is 0 Å².